The molecule has 10 heteroatoms. The summed E-state index contributed by atoms with van der Waals surface area (Å²) in [6, 6.07) is 11.5. The van der Waals surface area contributed by atoms with Gasteiger partial charge in [0.2, 0.25) is 5.88 Å². The van der Waals surface area contributed by atoms with Gasteiger partial charge in [0.05, 0.1) is 30.6 Å². The summed E-state index contributed by atoms with van der Waals surface area (Å²) < 4.78 is 13.5. The van der Waals surface area contributed by atoms with Crippen LogP contribution in [0.15, 0.2) is 64.7 Å². The van der Waals surface area contributed by atoms with Crippen LogP contribution in [0, 0.1) is 0 Å². The molecule has 0 amide bonds. The summed E-state index contributed by atoms with van der Waals surface area (Å²) in [5.41, 5.74) is 1.71. The zero-order valence-corrected chi connectivity index (χ0v) is 19.1. The fourth-order valence-electron chi connectivity index (χ4n) is 3.17. The first-order valence-corrected chi connectivity index (χ1v) is 11.1. The lowest BCUT2D eigenvalue weighted by Crippen LogP contribution is -2.09. The van der Waals surface area contributed by atoms with Gasteiger partial charge in [0.1, 0.15) is 11.5 Å². The van der Waals surface area contributed by atoms with Gasteiger partial charge >= 0.3 is 0 Å². The molecule has 0 aliphatic carbocycles. The minimum Gasteiger partial charge on any atom is -0.480 e. The van der Waals surface area contributed by atoms with Crippen LogP contribution >= 0.6 is 11.9 Å². The number of methoxy groups -OCH3 is 2. The maximum Gasteiger partial charge on any atom is 0.259 e. The minimum atomic E-state index is -0.224. The summed E-state index contributed by atoms with van der Waals surface area (Å²) in [5.74, 6) is 0.825. The molecule has 0 bridgehead atoms. The standard InChI is InChI=1S/C23H24N6O3S/c1-31-11-3-9-26-33-17-6-4-16(5-7-17)27-22-21-15(8-10-25-23(21)30)12-18(29-22)19-13-24-14-20(28-19)32-2/h4-8,10,12-14,26H,3,9,11H2,1-2H3,(H,25,30)(H,27,29). The third kappa shape index (κ3) is 5.67. The average Bonchev–Trinajstić information content (AvgIpc) is 2.85. The number of aromatic nitrogens is 4. The molecular weight excluding hydrogens is 440 g/mol. The molecule has 170 valence electrons. The number of pyridine rings is 2. The molecular formula is C23H24N6O3S. The van der Waals surface area contributed by atoms with Gasteiger partial charge in [-0.15, -0.1) is 0 Å². The summed E-state index contributed by atoms with van der Waals surface area (Å²) >= 11 is 1.56. The van der Waals surface area contributed by atoms with Crippen LogP contribution in [0.25, 0.3) is 22.2 Å². The molecule has 0 saturated heterocycles. The Labute approximate surface area is 195 Å². The number of hydrogen-bond acceptors (Lipinski definition) is 9. The fourth-order valence-corrected chi connectivity index (χ4v) is 3.86. The number of fused-ring (bicyclic) bond motifs is 1. The molecule has 0 spiro atoms. The summed E-state index contributed by atoms with van der Waals surface area (Å²) in [6.45, 7) is 1.59. The van der Waals surface area contributed by atoms with E-state index in [-0.39, 0.29) is 5.56 Å². The second kappa shape index (κ2) is 10.9. The van der Waals surface area contributed by atoms with Crippen molar-refractivity contribution in [2.24, 2.45) is 0 Å². The number of benzene rings is 1. The lowest BCUT2D eigenvalue weighted by molar-refractivity contribution is 0.196. The molecule has 3 heterocycles. The van der Waals surface area contributed by atoms with Gasteiger partial charge in [0.15, 0.2) is 0 Å². The van der Waals surface area contributed by atoms with Crippen LogP contribution in [0.5, 0.6) is 5.88 Å². The predicted molar refractivity (Wildman–Crippen MR) is 130 cm³/mol. The Kier molecular flexibility index (Phi) is 7.51. The van der Waals surface area contributed by atoms with Gasteiger partial charge in [0, 0.05) is 37.0 Å². The van der Waals surface area contributed by atoms with E-state index in [0.717, 1.165) is 35.5 Å². The zero-order valence-electron chi connectivity index (χ0n) is 18.3. The number of rotatable bonds is 10. The Morgan fingerprint density at radius 3 is 2.70 bits per heavy atom. The predicted octanol–water partition coefficient (Wildman–Crippen LogP) is 3.77. The van der Waals surface area contributed by atoms with E-state index in [1.807, 2.05) is 36.4 Å². The Balaban J connectivity index is 1.61. The zero-order chi connectivity index (χ0) is 23.0. The first kappa shape index (κ1) is 22.7. The Hall–Kier alpha value is -3.47. The number of ether oxygens (including phenoxy) is 2. The quantitative estimate of drug-likeness (QED) is 0.238. The van der Waals surface area contributed by atoms with Crippen molar-refractivity contribution in [1.29, 1.82) is 0 Å². The van der Waals surface area contributed by atoms with Gasteiger partial charge in [0.25, 0.3) is 5.56 Å². The number of aromatic amines is 1. The van der Waals surface area contributed by atoms with Gasteiger partial charge in [-0.1, -0.05) is 0 Å². The number of nitrogens with one attached hydrogen (secondary N) is 3. The first-order valence-electron chi connectivity index (χ1n) is 10.3. The van der Waals surface area contributed by atoms with Crippen LogP contribution in [0.2, 0.25) is 0 Å². The van der Waals surface area contributed by atoms with E-state index in [9.17, 15) is 4.79 Å². The lowest BCUT2D eigenvalue weighted by Gasteiger charge is -2.12. The van der Waals surface area contributed by atoms with Gasteiger partial charge < -0.3 is 19.8 Å². The van der Waals surface area contributed by atoms with Gasteiger partial charge in [-0.05, 0) is 60.2 Å². The van der Waals surface area contributed by atoms with E-state index in [1.54, 1.807) is 31.5 Å². The van der Waals surface area contributed by atoms with E-state index >= 15 is 0 Å². The monoisotopic (exact) mass is 464 g/mol. The number of nitrogens with zero attached hydrogens (tertiary/aromatic N) is 3. The van der Waals surface area contributed by atoms with Crippen molar-refractivity contribution in [2.45, 2.75) is 11.3 Å². The number of hydrogen-bond donors (Lipinski definition) is 3. The largest absolute Gasteiger partial charge is 0.480 e. The lowest BCUT2D eigenvalue weighted by atomic mass is 10.1. The molecule has 0 radical (unpaired) electrons. The summed E-state index contributed by atoms with van der Waals surface area (Å²) in [7, 11) is 3.23. The van der Waals surface area contributed by atoms with Crippen molar-refractivity contribution in [3.63, 3.8) is 0 Å². The molecule has 4 rings (SSSR count). The molecule has 0 atom stereocenters. The molecule has 3 N–H and O–H groups in total. The van der Waals surface area contributed by atoms with Crippen molar-refractivity contribution >= 4 is 34.2 Å². The van der Waals surface area contributed by atoms with E-state index in [0.29, 0.717) is 28.5 Å². The van der Waals surface area contributed by atoms with E-state index in [4.69, 9.17) is 9.47 Å². The molecule has 0 unspecified atom stereocenters. The SMILES string of the molecule is COCCCNSc1ccc(Nc2nc(-c3cncc(OC)n3)cc3cc[nH]c(=O)c23)cc1. The Morgan fingerprint density at radius 2 is 1.91 bits per heavy atom. The minimum absolute atomic E-state index is 0.224. The van der Waals surface area contributed by atoms with Gasteiger partial charge in [-0.2, -0.15) is 0 Å². The molecule has 0 aliphatic rings. The van der Waals surface area contributed by atoms with Gasteiger partial charge in [-0.3, -0.25) is 14.5 Å². The maximum absolute atomic E-state index is 12.6. The molecule has 33 heavy (non-hydrogen) atoms. The van der Waals surface area contributed by atoms with Crippen LogP contribution < -0.4 is 20.3 Å². The smallest absolute Gasteiger partial charge is 0.259 e. The molecule has 0 aliphatic heterocycles. The highest BCUT2D eigenvalue weighted by Gasteiger charge is 2.13. The van der Waals surface area contributed by atoms with Crippen molar-refractivity contribution in [3.8, 4) is 17.3 Å². The van der Waals surface area contributed by atoms with Crippen molar-refractivity contribution < 1.29 is 9.47 Å². The third-order valence-corrected chi connectivity index (χ3v) is 5.63. The number of H-pyrrole nitrogens is 1. The molecule has 0 saturated carbocycles. The third-order valence-electron chi connectivity index (χ3n) is 4.77. The Morgan fingerprint density at radius 1 is 1.06 bits per heavy atom. The van der Waals surface area contributed by atoms with Crippen molar-refractivity contribution in [3.05, 3.63) is 65.3 Å². The number of anilines is 2. The van der Waals surface area contributed by atoms with E-state index in [1.165, 1.54) is 13.3 Å². The van der Waals surface area contributed by atoms with Crippen LogP contribution in [0.1, 0.15) is 6.42 Å². The topological polar surface area (TPSA) is 114 Å². The van der Waals surface area contributed by atoms with Crippen LogP contribution in [0.4, 0.5) is 11.5 Å². The molecule has 0 fully saturated rings. The second-order valence-corrected chi connectivity index (χ2v) is 8.03. The first-order chi connectivity index (χ1) is 16.2. The van der Waals surface area contributed by atoms with Crippen molar-refractivity contribution in [1.82, 2.24) is 24.7 Å². The average molecular weight is 465 g/mol. The maximum atomic E-state index is 12.6. The van der Waals surface area contributed by atoms with E-state index < -0.39 is 0 Å². The van der Waals surface area contributed by atoms with Crippen LogP contribution in [-0.4, -0.2) is 47.3 Å². The Bertz CT molecular complexity index is 1280. The summed E-state index contributed by atoms with van der Waals surface area (Å²) in [6.07, 6.45) is 5.70. The summed E-state index contributed by atoms with van der Waals surface area (Å²) in [4.78, 5) is 29.6. The van der Waals surface area contributed by atoms with Crippen LogP contribution in [-0.2, 0) is 4.74 Å². The normalized spacial score (nSPS) is 11.0. The highest BCUT2D eigenvalue weighted by Crippen LogP contribution is 2.28. The molecule has 9 nitrogen and oxygen atoms in total. The van der Waals surface area contributed by atoms with Crippen molar-refractivity contribution in [2.75, 3.05) is 32.7 Å². The molecule has 3 aromatic heterocycles. The molecule has 4 aromatic rings. The second-order valence-electron chi connectivity index (χ2n) is 7.07. The molecule has 1 aromatic carbocycles. The van der Waals surface area contributed by atoms with E-state index in [2.05, 4.69) is 30.0 Å². The van der Waals surface area contributed by atoms with Gasteiger partial charge in [-0.25, -0.2) is 9.97 Å². The summed E-state index contributed by atoms with van der Waals surface area (Å²) in [5, 5.41) is 4.49. The fraction of sp³-hybridized carbons (Fsp3) is 0.217. The highest BCUT2D eigenvalue weighted by atomic mass is 32.2. The van der Waals surface area contributed by atoms with Crippen LogP contribution in [0.3, 0.4) is 0 Å². The highest BCUT2D eigenvalue weighted by molar-refractivity contribution is 7.97.